The van der Waals surface area contributed by atoms with Crippen LogP contribution in [0, 0.1) is 0 Å². The number of nitrogens with one attached hydrogen (secondary N) is 1. The molecule has 0 atom stereocenters. The van der Waals surface area contributed by atoms with Crippen LogP contribution in [0.4, 0.5) is 5.88 Å². The van der Waals surface area contributed by atoms with Crippen LogP contribution in [0.5, 0.6) is 0 Å². The normalized spacial score (nSPS) is 10.0. The highest BCUT2D eigenvalue weighted by molar-refractivity contribution is 5.97. The molecule has 0 radical (unpaired) electrons. The van der Waals surface area contributed by atoms with Gasteiger partial charge in [0.15, 0.2) is 0 Å². The molecule has 0 spiro atoms. The summed E-state index contributed by atoms with van der Waals surface area (Å²) < 4.78 is 4.60. The Balaban J connectivity index is 1.97. The van der Waals surface area contributed by atoms with Crippen molar-refractivity contribution in [3.63, 3.8) is 0 Å². The van der Waals surface area contributed by atoms with E-state index in [1.54, 1.807) is 0 Å². The first kappa shape index (κ1) is 10.2. The van der Waals surface area contributed by atoms with Crippen LogP contribution < -0.4 is 11.1 Å². The number of anilines is 1. The number of nitrogens with zero attached hydrogens (tertiary/aromatic N) is 1. The van der Waals surface area contributed by atoms with Crippen LogP contribution in [0.25, 0.3) is 0 Å². The first-order chi connectivity index (χ1) is 7.77. The fourth-order valence-corrected chi connectivity index (χ4v) is 1.29. The number of carbonyl (C=O) groups excluding carboxylic acids is 1. The van der Waals surface area contributed by atoms with Crippen LogP contribution in [-0.4, -0.2) is 11.1 Å². The standard InChI is InChI=1S/C11H11N3O2/c12-10-9(7-14-16-10)11(15)13-6-8-4-2-1-3-5-8/h1-5,7H,6,12H2,(H,13,15). The van der Waals surface area contributed by atoms with Gasteiger partial charge in [-0.1, -0.05) is 35.5 Å². The van der Waals surface area contributed by atoms with Crippen molar-refractivity contribution >= 4 is 11.8 Å². The third-order valence-corrected chi connectivity index (χ3v) is 2.14. The number of nitrogen functional groups attached to an aromatic ring is 1. The molecule has 1 amide bonds. The molecule has 5 heteroatoms. The zero-order chi connectivity index (χ0) is 11.4. The third-order valence-electron chi connectivity index (χ3n) is 2.14. The number of carbonyl (C=O) groups is 1. The molecule has 16 heavy (non-hydrogen) atoms. The molecule has 0 aliphatic rings. The predicted octanol–water partition coefficient (Wildman–Crippen LogP) is 1.19. The van der Waals surface area contributed by atoms with Gasteiger partial charge in [0.05, 0.1) is 6.20 Å². The first-order valence-corrected chi connectivity index (χ1v) is 4.79. The van der Waals surface area contributed by atoms with E-state index in [0.29, 0.717) is 6.54 Å². The van der Waals surface area contributed by atoms with Gasteiger partial charge in [-0.2, -0.15) is 0 Å². The number of aromatic nitrogens is 1. The summed E-state index contributed by atoms with van der Waals surface area (Å²) in [5.41, 5.74) is 6.70. The zero-order valence-corrected chi connectivity index (χ0v) is 8.51. The van der Waals surface area contributed by atoms with E-state index in [0.717, 1.165) is 5.56 Å². The Hall–Kier alpha value is -2.30. The van der Waals surface area contributed by atoms with Gasteiger partial charge >= 0.3 is 0 Å². The highest BCUT2D eigenvalue weighted by atomic mass is 16.5. The zero-order valence-electron chi connectivity index (χ0n) is 8.51. The Bertz CT molecular complexity index is 479. The molecule has 0 aliphatic heterocycles. The maximum absolute atomic E-state index is 11.6. The molecular formula is C11H11N3O2. The molecule has 0 unspecified atom stereocenters. The predicted molar refractivity (Wildman–Crippen MR) is 58.5 cm³/mol. The van der Waals surface area contributed by atoms with E-state index in [1.165, 1.54) is 6.20 Å². The van der Waals surface area contributed by atoms with E-state index in [4.69, 9.17) is 5.73 Å². The summed E-state index contributed by atoms with van der Waals surface area (Å²) in [6.07, 6.45) is 1.30. The quantitative estimate of drug-likeness (QED) is 0.809. The molecule has 0 fully saturated rings. The molecule has 82 valence electrons. The van der Waals surface area contributed by atoms with Crippen LogP contribution in [-0.2, 0) is 6.54 Å². The number of amides is 1. The number of benzene rings is 1. The van der Waals surface area contributed by atoms with Gasteiger partial charge in [0.1, 0.15) is 5.56 Å². The van der Waals surface area contributed by atoms with Gasteiger partial charge in [0, 0.05) is 6.54 Å². The molecule has 0 bridgehead atoms. The molecule has 2 rings (SSSR count). The molecule has 1 aromatic heterocycles. The van der Waals surface area contributed by atoms with Crippen LogP contribution in [0.15, 0.2) is 41.1 Å². The van der Waals surface area contributed by atoms with Gasteiger partial charge in [0.2, 0.25) is 5.88 Å². The third kappa shape index (κ3) is 2.20. The van der Waals surface area contributed by atoms with E-state index in [1.807, 2.05) is 30.3 Å². The van der Waals surface area contributed by atoms with Crippen molar-refractivity contribution in [2.45, 2.75) is 6.54 Å². The highest BCUT2D eigenvalue weighted by Crippen LogP contribution is 2.09. The van der Waals surface area contributed by atoms with E-state index in [-0.39, 0.29) is 17.4 Å². The molecule has 1 heterocycles. The van der Waals surface area contributed by atoms with Gasteiger partial charge in [-0.15, -0.1) is 0 Å². The van der Waals surface area contributed by atoms with Gasteiger partial charge in [-0.05, 0) is 5.56 Å². The van der Waals surface area contributed by atoms with Crippen molar-refractivity contribution in [3.05, 3.63) is 47.7 Å². The van der Waals surface area contributed by atoms with Crippen LogP contribution in [0.1, 0.15) is 15.9 Å². The Morgan fingerprint density at radius 1 is 1.38 bits per heavy atom. The van der Waals surface area contributed by atoms with Crippen LogP contribution in [0.3, 0.4) is 0 Å². The fourth-order valence-electron chi connectivity index (χ4n) is 1.29. The summed E-state index contributed by atoms with van der Waals surface area (Å²) in [4.78, 5) is 11.6. The van der Waals surface area contributed by atoms with Crippen LogP contribution >= 0.6 is 0 Å². The van der Waals surface area contributed by atoms with Crippen molar-refractivity contribution in [2.75, 3.05) is 5.73 Å². The molecule has 3 N–H and O–H groups in total. The Kier molecular flexibility index (Phi) is 2.86. The smallest absolute Gasteiger partial charge is 0.258 e. The number of hydrogen-bond acceptors (Lipinski definition) is 4. The molecule has 1 aromatic carbocycles. The van der Waals surface area contributed by atoms with Crippen molar-refractivity contribution in [1.82, 2.24) is 10.5 Å². The summed E-state index contributed by atoms with van der Waals surface area (Å²) in [6.45, 7) is 0.449. The Labute approximate surface area is 92.2 Å². The molecule has 0 saturated heterocycles. The van der Waals surface area contributed by atoms with Crippen molar-refractivity contribution in [3.8, 4) is 0 Å². The first-order valence-electron chi connectivity index (χ1n) is 4.79. The largest absolute Gasteiger partial charge is 0.367 e. The van der Waals surface area contributed by atoms with Crippen molar-refractivity contribution in [2.24, 2.45) is 0 Å². The maximum Gasteiger partial charge on any atom is 0.258 e. The van der Waals surface area contributed by atoms with Crippen molar-refractivity contribution in [1.29, 1.82) is 0 Å². The average Bonchev–Trinajstić information content (AvgIpc) is 2.74. The fraction of sp³-hybridized carbons (Fsp3) is 0.0909. The second-order valence-corrected chi connectivity index (χ2v) is 3.27. The summed E-state index contributed by atoms with van der Waals surface area (Å²) >= 11 is 0. The number of nitrogens with two attached hydrogens (primary N) is 1. The maximum atomic E-state index is 11.6. The Morgan fingerprint density at radius 3 is 2.75 bits per heavy atom. The summed E-state index contributed by atoms with van der Waals surface area (Å²) in [7, 11) is 0. The monoisotopic (exact) mass is 217 g/mol. The van der Waals surface area contributed by atoms with Gasteiger partial charge in [-0.3, -0.25) is 4.79 Å². The van der Waals surface area contributed by atoms with E-state index >= 15 is 0 Å². The minimum absolute atomic E-state index is 0.0329. The van der Waals surface area contributed by atoms with Gasteiger partial charge < -0.3 is 15.6 Å². The Morgan fingerprint density at radius 2 is 2.12 bits per heavy atom. The van der Waals surface area contributed by atoms with Crippen LogP contribution in [0.2, 0.25) is 0 Å². The second-order valence-electron chi connectivity index (χ2n) is 3.27. The van der Waals surface area contributed by atoms with E-state index in [9.17, 15) is 4.79 Å². The minimum atomic E-state index is -0.289. The van der Waals surface area contributed by atoms with Gasteiger partial charge in [-0.25, -0.2) is 0 Å². The lowest BCUT2D eigenvalue weighted by Crippen LogP contribution is -2.23. The lowest BCUT2D eigenvalue weighted by molar-refractivity contribution is 0.0951. The lowest BCUT2D eigenvalue weighted by atomic mass is 10.2. The summed E-state index contributed by atoms with van der Waals surface area (Å²) in [5.74, 6) is -0.256. The second kappa shape index (κ2) is 4.48. The van der Waals surface area contributed by atoms with Gasteiger partial charge in [0.25, 0.3) is 5.91 Å². The summed E-state index contributed by atoms with van der Waals surface area (Å²) in [5, 5.41) is 6.16. The molecule has 0 saturated carbocycles. The summed E-state index contributed by atoms with van der Waals surface area (Å²) in [6, 6.07) is 9.60. The molecule has 5 nitrogen and oxygen atoms in total. The van der Waals surface area contributed by atoms with Crippen molar-refractivity contribution < 1.29 is 9.32 Å². The molecule has 0 aliphatic carbocycles. The topological polar surface area (TPSA) is 81.2 Å². The van der Waals surface area contributed by atoms with E-state index in [2.05, 4.69) is 15.0 Å². The highest BCUT2D eigenvalue weighted by Gasteiger charge is 2.12. The SMILES string of the molecule is Nc1oncc1C(=O)NCc1ccccc1. The minimum Gasteiger partial charge on any atom is -0.367 e. The molecular weight excluding hydrogens is 206 g/mol. The molecule has 2 aromatic rings. The number of hydrogen-bond donors (Lipinski definition) is 2. The lowest BCUT2D eigenvalue weighted by Gasteiger charge is -2.03. The van der Waals surface area contributed by atoms with E-state index < -0.39 is 0 Å². The number of rotatable bonds is 3. The average molecular weight is 217 g/mol.